The van der Waals surface area contributed by atoms with Crippen molar-refractivity contribution in [3.8, 4) is 28.2 Å². The molecule has 1 aromatic heterocycles. The molecule has 0 fully saturated rings. The van der Waals surface area contributed by atoms with Crippen molar-refractivity contribution in [3.63, 3.8) is 0 Å². The van der Waals surface area contributed by atoms with E-state index in [0.29, 0.717) is 5.56 Å². The molecule has 3 heteroatoms. The zero-order valence-corrected chi connectivity index (χ0v) is 13.5. The quantitative estimate of drug-likeness (QED) is 0.494. The molecular formula is C22H16N2O. The van der Waals surface area contributed by atoms with Crippen LogP contribution in [0, 0.1) is 0 Å². The van der Waals surface area contributed by atoms with Gasteiger partial charge in [-0.25, -0.2) is 4.98 Å². The maximum absolute atomic E-state index is 11.5. The molecule has 0 radical (unpaired) electrons. The second kappa shape index (κ2) is 6.57. The molecule has 25 heavy (non-hydrogen) atoms. The van der Waals surface area contributed by atoms with Crippen LogP contribution in [0.4, 0.5) is 0 Å². The fraction of sp³-hybridized carbons (Fsp3) is 0. The average Bonchev–Trinajstić information content (AvgIpc) is 3.14. The highest BCUT2D eigenvalue weighted by molar-refractivity contribution is 5.84. The van der Waals surface area contributed by atoms with E-state index in [-0.39, 0.29) is 0 Å². The largest absolute Gasteiger partial charge is 0.298 e. The monoisotopic (exact) mass is 324 g/mol. The number of rotatable bonds is 4. The molecule has 120 valence electrons. The van der Waals surface area contributed by atoms with Crippen LogP contribution in [-0.4, -0.2) is 15.8 Å². The summed E-state index contributed by atoms with van der Waals surface area (Å²) in [6.07, 6.45) is 2.67. The molecule has 3 nitrogen and oxygen atoms in total. The van der Waals surface area contributed by atoms with Crippen LogP contribution >= 0.6 is 0 Å². The first-order valence-corrected chi connectivity index (χ1v) is 8.11. The molecule has 4 rings (SSSR count). The lowest BCUT2D eigenvalue weighted by atomic mass is 10.0. The normalized spacial score (nSPS) is 10.6. The molecule has 0 aliphatic rings. The Hall–Kier alpha value is -3.46. The van der Waals surface area contributed by atoms with Crippen molar-refractivity contribution in [1.82, 2.24) is 9.55 Å². The average molecular weight is 324 g/mol. The number of aldehydes is 1. The number of carbonyl (C=O) groups excluding carboxylic acids is 1. The summed E-state index contributed by atoms with van der Waals surface area (Å²) in [5.41, 5.74) is 5.43. The Morgan fingerprint density at radius 1 is 0.720 bits per heavy atom. The number of hydrogen-bond donors (Lipinski definition) is 0. The topological polar surface area (TPSA) is 34.9 Å². The number of benzene rings is 3. The minimum absolute atomic E-state index is 0.636. The van der Waals surface area contributed by atoms with Gasteiger partial charge in [0.2, 0.25) is 0 Å². The SMILES string of the molecule is O=Cc1ccccc1-n1cnc(-c2ccccc2)c1-c1ccccc1. The highest BCUT2D eigenvalue weighted by atomic mass is 16.1. The Balaban J connectivity index is 2.00. The van der Waals surface area contributed by atoms with E-state index in [4.69, 9.17) is 0 Å². The number of aromatic nitrogens is 2. The summed E-state index contributed by atoms with van der Waals surface area (Å²) in [5, 5.41) is 0. The third kappa shape index (κ3) is 2.76. The van der Waals surface area contributed by atoms with Crippen LogP contribution in [0.1, 0.15) is 10.4 Å². The van der Waals surface area contributed by atoms with Crippen molar-refractivity contribution < 1.29 is 4.79 Å². The zero-order chi connectivity index (χ0) is 17.1. The van der Waals surface area contributed by atoms with Gasteiger partial charge in [-0.15, -0.1) is 0 Å². The maximum atomic E-state index is 11.5. The van der Waals surface area contributed by atoms with E-state index in [1.165, 1.54) is 0 Å². The van der Waals surface area contributed by atoms with E-state index in [0.717, 1.165) is 34.5 Å². The fourth-order valence-electron chi connectivity index (χ4n) is 3.02. The molecule has 0 spiro atoms. The summed E-state index contributed by atoms with van der Waals surface area (Å²) in [7, 11) is 0. The van der Waals surface area contributed by atoms with Gasteiger partial charge in [-0.1, -0.05) is 72.8 Å². The lowest BCUT2D eigenvalue weighted by Gasteiger charge is -2.12. The third-order valence-electron chi connectivity index (χ3n) is 4.19. The first-order chi connectivity index (χ1) is 12.4. The number of imidazole rings is 1. The molecular weight excluding hydrogens is 308 g/mol. The zero-order valence-electron chi connectivity index (χ0n) is 13.5. The third-order valence-corrected chi connectivity index (χ3v) is 4.19. The van der Waals surface area contributed by atoms with Gasteiger partial charge in [0.15, 0.2) is 6.29 Å². The van der Waals surface area contributed by atoms with E-state index in [2.05, 4.69) is 17.1 Å². The predicted molar refractivity (Wildman–Crippen MR) is 99.8 cm³/mol. The standard InChI is InChI=1S/C22H16N2O/c25-15-19-13-7-8-14-20(19)24-16-23-21(17-9-3-1-4-10-17)22(24)18-11-5-2-6-12-18/h1-16H. The Kier molecular flexibility index (Phi) is 3.97. The molecule has 4 aromatic rings. The van der Waals surface area contributed by atoms with Crippen LogP contribution in [0.25, 0.3) is 28.2 Å². The summed E-state index contributed by atoms with van der Waals surface area (Å²) in [6, 6.07) is 27.8. The number of carbonyl (C=O) groups is 1. The molecule has 0 saturated carbocycles. The van der Waals surface area contributed by atoms with E-state index >= 15 is 0 Å². The first kappa shape index (κ1) is 15.1. The second-order valence-electron chi connectivity index (χ2n) is 5.72. The van der Waals surface area contributed by atoms with Crippen LogP contribution in [0.2, 0.25) is 0 Å². The molecule has 1 heterocycles. The van der Waals surface area contributed by atoms with Gasteiger partial charge in [0, 0.05) is 16.7 Å². The van der Waals surface area contributed by atoms with Gasteiger partial charge in [-0.3, -0.25) is 9.36 Å². The van der Waals surface area contributed by atoms with Gasteiger partial charge in [-0.2, -0.15) is 0 Å². The fourth-order valence-corrected chi connectivity index (χ4v) is 3.02. The minimum atomic E-state index is 0.636. The summed E-state index contributed by atoms with van der Waals surface area (Å²) in [4.78, 5) is 16.2. The molecule has 0 atom stereocenters. The van der Waals surface area contributed by atoms with E-state index in [1.807, 2.05) is 77.4 Å². The van der Waals surface area contributed by atoms with Gasteiger partial charge in [0.25, 0.3) is 0 Å². The summed E-state index contributed by atoms with van der Waals surface area (Å²) in [5.74, 6) is 0. The van der Waals surface area contributed by atoms with Crippen molar-refractivity contribution in [2.45, 2.75) is 0 Å². The van der Waals surface area contributed by atoms with E-state index in [1.54, 1.807) is 6.33 Å². The minimum Gasteiger partial charge on any atom is -0.298 e. The highest BCUT2D eigenvalue weighted by Crippen LogP contribution is 2.33. The highest BCUT2D eigenvalue weighted by Gasteiger charge is 2.17. The van der Waals surface area contributed by atoms with Crippen LogP contribution in [0.15, 0.2) is 91.3 Å². The molecule has 0 bridgehead atoms. The Morgan fingerprint density at radius 3 is 2.00 bits per heavy atom. The van der Waals surface area contributed by atoms with Gasteiger partial charge in [0.05, 0.1) is 17.1 Å². The Labute approximate surface area is 146 Å². The van der Waals surface area contributed by atoms with Crippen LogP contribution in [-0.2, 0) is 0 Å². The van der Waals surface area contributed by atoms with Crippen molar-refractivity contribution in [3.05, 3.63) is 96.8 Å². The molecule has 3 aromatic carbocycles. The van der Waals surface area contributed by atoms with Crippen molar-refractivity contribution >= 4 is 6.29 Å². The molecule has 0 amide bonds. The van der Waals surface area contributed by atoms with Gasteiger partial charge >= 0.3 is 0 Å². The number of nitrogens with zero attached hydrogens (tertiary/aromatic N) is 2. The first-order valence-electron chi connectivity index (χ1n) is 8.11. The van der Waals surface area contributed by atoms with Crippen LogP contribution in [0.3, 0.4) is 0 Å². The Morgan fingerprint density at radius 2 is 1.32 bits per heavy atom. The van der Waals surface area contributed by atoms with Crippen molar-refractivity contribution in [1.29, 1.82) is 0 Å². The molecule has 0 unspecified atom stereocenters. The lowest BCUT2D eigenvalue weighted by Crippen LogP contribution is -2.00. The Bertz CT molecular complexity index is 1000. The number of hydrogen-bond acceptors (Lipinski definition) is 2. The smallest absolute Gasteiger partial charge is 0.152 e. The summed E-state index contributed by atoms with van der Waals surface area (Å²) >= 11 is 0. The van der Waals surface area contributed by atoms with E-state index in [9.17, 15) is 4.79 Å². The van der Waals surface area contributed by atoms with Gasteiger partial charge in [0.1, 0.15) is 6.33 Å². The predicted octanol–water partition coefficient (Wildman–Crippen LogP) is 5.02. The molecule has 0 aliphatic carbocycles. The van der Waals surface area contributed by atoms with Gasteiger partial charge < -0.3 is 0 Å². The number of para-hydroxylation sites is 1. The van der Waals surface area contributed by atoms with E-state index < -0.39 is 0 Å². The van der Waals surface area contributed by atoms with Crippen LogP contribution < -0.4 is 0 Å². The molecule has 0 aliphatic heterocycles. The maximum Gasteiger partial charge on any atom is 0.152 e. The second-order valence-corrected chi connectivity index (χ2v) is 5.72. The van der Waals surface area contributed by atoms with Crippen LogP contribution in [0.5, 0.6) is 0 Å². The van der Waals surface area contributed by atoms with Gasteiger partial charge in [-0.05, 0) is 12.1 Å². The molecule has 0 N–H and O–H groups in total. The van der Waals surface area contributed by atoms with Crippen molar-refractivity contribution in [2.75, 3.05) is 0 Å². The van der Waals surface area contributed by atoms with Crippen molar-refractivity contribution in [2.24, 2.45) is 0 Å². The molecule has 0 saturated heterocycles. The lowest BCUT2D eigenvalue weighted by molar-refractivity contribution is 0.112. The summed E-state index contributed by atoms with van der Waals surface area (Å²) in [6.45, 7) is 0. The summed E-state index contributed by atoms with van der Waals surface area (Å²) < 4.78 is 1.99.